The number of aryl methyl sites for hydroxylation is 1. The van der Waals surface area contributed by atoms with Crippen LogP contribution in [0.2, 0.25) is 5.02 Å². The van der Waals surface area contributed by atoms with Crippen LogP contribution in [-0.4, -0.2) is 25.5 Å². The molecule has 0 aliphatic heterocycles. The third kappa shape index (κ3) is 3.08. The van der Waals surface area contributed by atoms with Gasteiger partial charge >= 0.3 is 0 Å². The van der Waals surface area contributed by atoms with E-state index in [9.17, 15) is 4.79 Å². The molecule has 1 aliphatic carbocycles. The van der Waals surface area contributed by atoms with Crippen LogP contribution in [0.25, 0.3) is 27.1 Å². The fourth-order valence-corrected chi connectivity index (χ4v) is 5.20. The van der Waals surface area contributed by atoms with E-state index in [0.29, 0.717) is 10.6 Å². The molecule has 0 radical (unpaired) electrons. The molecular formula is C23H16ClN5OS. The molecule has 8 heteroatoms. The number of benzene rings is 2. The summed E-state index contributed by atoms with van der Waals surface area (Å²) < 4.78 is 1.77. The van der Waals surface area contributed by atoms with Gasteiger partial charge in [-0.2, -0.15) is 4.98 Å². The average molecular weight is 446 g/mol. The number of rotatable bonds is 3. The van der Waals surface area contributed by atoms with Gasteiger partial charge in [-0.1, -0.05) is 41.9 Å². The standard InChI is InChI=1S/C23H16ClN5OS/c24-14-9-10-18-16(11-14)20(15-7-4-8-17(15)25-18)21(30)26-22-27-23-29(28-22)19(12-31-23)13-5-2-1-3-6-13/h1-3,5-6,9-12H,4,7-8H2,(H,26,28,30). The predicted octanol–water partition coefficient (Wildman–Crippen LogP) is 5.40. The van der Waals surface area contributed by atoms with Crippen molar-refractivity contribution >= 4 is 50.7 Å². The highest BCUT2D eigenvalue weighted by molar-refractivity contribution is 7.15. The first kappa shape index (κ1) is 18.5. The molecule has 0 saturated heterocycles. The van der Waals surface area contributed by atoms with Gasteiger partial charge in [0, 0.05) is 27.0 Å². The number of carbonyl (C=O) groups excluding carboxylic acids is 1. The number of carbonyl (C=O) groups is 1. The van der Waals surface area contributed by atoms with Crippen molar-refractivity contribution in [3.05, 3.63) is 75.8 Å². The Kier molecular flexibility index (Phi) is 4.26. The smallest absolute Gasteiger partial charge is 0.259 e. The summed E-state index contributed by atoms with van der Waals surface area (Å²) in [5.41, 5.74) is 5.38. The number of aromatic nitrogens is 4. The number of nitrogens with one attached hydrogen (secondary N) is 1. The van der Waals surface area contributed by atoms with E-state index in [0.717, 1.165) is 57.6 Å². The number of hydrogen-bond donors (Lipinski definition) is 1. The van der Waals surface area contributed by atoms with Gasteiger partial charge < -0.3 is 0 Å². The van der Waals surface area contributed by atoms with Gasteiger partial charge in [-0.05, 0) is 43.0 Å². The van der Waals surface area contributed by atoms with Gasteiger partial charge in [0.05, 0.1) is 16.8 Å². The summed E-state index contributed by atoms with van der Waals surface area (Å²) in [7, 11) is 0. The summed E-state index contributed by atoms with van der Waals surface area (Å²) in [6.07, 6.45) is 2.70. The first-order valence-electron chi connectivity index (χ1n) is 9.99. The molecule has 0 atom stereocenters. The lowest BCUT2D eigenvalue weighted by Gasteiger charge is -2.12. The van der Waals surface area contributed by atoms with Crippen LogP contribution < -0.4 is 5.32 Å². The maximum atomic E-state index is 13.4. The first-order valence-corrected chi connectivity index (χ1v) is 11.3. The normalized spacial score (nSPS) is 13.1. The lowest BCUT2D eigenvalue weighted by atomic mass is 10.0. The third-order valence-electron chi connectivity index (χ3n) is 5.58. The van der Waals surface area contributed by atoms with Gasteiger partial charge in [0.2, 0.25) is 4.96 Å². The molecule has 1 aliphatic rings. The lowest BCUT2D eigenvalue weighted by molar-refractivity contribution is 0.102. The molecule has 1 N–H and O–H groups in total. The summed E-state index contributed by atoms with van der Waals surface area (Å²) in [5.74, 6) is 0.0556. The van der Waals surface area contributed by atoms with Crippen molar-refractivity contribution < 1.29 is 4.79 Å². The maximum Gasteiger partial charge on any atom is 0.259 e. The fourth-order valence-electron chi connectivity index (χ4n) is 4.20. The van der Waals surface area contributed by atoms with Gasteiger partial charge in [0.15, 0.2) is 0 Å². The number of amides is 1. The number of nitrogens with zero attached hydrogens (tertiary/aromatic N) is 4. The Morgan fingerprint density at radius 2 is 1.97 bits per heavy atom. The number of hydrogen-bond acceptors (Lipinski definition) is 5. The van der Waals surface area contributed by atoms with Gasteiger partial charge in [0.25, 0.3) is 11.9 Å². The molecule has 3 heterocycles. The molecule has 3 aromatic heterocycles. The minimum Gasteiger partial charge on any atom is -0.289 e. The molecule has 0 unspecified atom stereocenters. The van der Waals surface area contributed by atoms with Crippen molar-refractivity contribution in [2.24, 2.45) is 0 Å². The zero-order chi connectivity index (χ0) is 20.9. The summed E-state index contributed by atoms with van der Waals surface area (Å²) in [6.45, 7) is 0. The van der Waals surface area contributed by atoms with Crippen molar-refractivity contribution in [2.45, 2.75) is 19.3 Å². The number of thiazole rings is 1. The monoisotopic (exact) mass is 445 g/mol. The summed E-state index contributed by atoms with van der Waals surface area (Å²) in [6, 6.07) is 15.5. The van der Waals surface area contributed by atoms with Gasteiger partial charge in [-0.15, -0.1) is 16.4 Å². The van der Waals surface area contributed by atoms with Crippen LogP contribution in [0.1, 0.15) is 28.0 Å². The summed E-state index contributed by atoms with van der Waals surface area (Å²) >= 11 is 7.72. The Balaban J connectivity index is 1.41. The molecule has 6 nitrogen and oxygen atoms in total. The highest BCUT2D eigenvalue weighted by Crippen LogP contribution is 2.32. The number of pyridine rings is 1. The Morgan fingerprint density at radius 1 is 1.10 bits per heavy atom. The Hall–Kier alpha value is -3.29. The molecule has 6 rings (SSSR count). The molecule has 0 spiro atoms. The highest BCUT2D eigenvalue weighted by Gasteiger charge is 2.25. The topological polar surface area (TPSA) is 72.2 Å². The van der Waals surface area contributed by atoms with Crippen molar-refractivity contribution in [1.82, 2.24) is 19.6 Å². The Bertz CT molecular complexity index is 1470. The van der Waals surface area contributed by atoms with Crippen LogP contribution in [0.4, 0.5) is 5.95 Å². The molecule has 0 saturated carbocycles. The molecule has 1 amide bonds. The molecular weight excluding hydrogens is 430 g/mol. The first-order chi connectivity index (χ1) is 15.2. The zero-order valence-electron chi connectivity index (χ0n) is 16.3. The van der Waals surface area contributed by atoms with Crippen molar-refractivity contribution in [3.8, 4) is 11.3 Å². The van der Waals surface area contributed by atoms with Gasteiger partial charge in [-0.25, -0.2) is 4.52 Å². The predicted molar refractivity (Wildman–Crippen MR) is 123 cm³/mol. The fraction of sp³-hybridized carbons (Fsp3) is 0.130. The van der Waals surface area contributed by atoms with Crippen LogP contribution >= 0.6 is 22.9 Å². The van der Waals surface area contributed by atoms with E-state index in [1.54, 1.807) is 10.6 Å². The van der Waals surface area contributed by atoms with E-state index in [-0.39, 0.29) is 11.9 Å². The second kappa shape index (κ2) is 7.14. The van der Waals surface area contributed by atoms with Crippen LogP contribution in [0.15, 0.2) is 53.9 Å². The molecule has 0 fully saturated rings. The lowest BCUT2D eigenvalue weighted by Crippen LogP contribution is -2.16. The van der Waals surface area contributed by atoms with E-state index in [1.165, 1.54) is 11.3 Å². The number of fused-ring (bicyclic) bond motifs is 3. The van der Waals surface area contributed by atoms with Crippen LogP contribution in [0.3, 0.4) is 0 Å². The van der Waals surface area contributed by atoms with Crippen LogP contribution in [0, 0.1) is 0 Å². The second-order valence-electron chi connectivity index (χ2n) is 7.50. The second-order valence-corrected chi connectivity index (χ2v) is 8.77. The summed E-state index contributed by atoms with van der Waals surface area (Å²) in [5, 5.41) is 10.8. The van der Waals surface area contributed by atoms with Gasteiger partial charge in [-0.3, -0.25) is 15.1 Å². The molecule has 0 bridgehead atoms. The Labute approximate surface area is 186 Å². The van der Waals surface area contributed by atoms with Crippen molar-refractivity contribution in [1.29, 1.82) is 0 Å². The quantitative estimate of drug-likeness (QED) is 0.403. The van der Waals surface area contributed by atoms with E-state index in [1.807, 2.05) is 47.8 Å². The SMILES string of the molecule is O=C(Nc1nc2scc(-c3ccccc3)n2n1)c1c2c(nc3ccc(Cl)cc13)CCC2. The van der Waals surface area contributed by atoms with Crippen molar-refractivity contribution in [3.63, 3.8) is 0 Å². The van der Waals surface area contributed by atoms with Crippen molar-refractivity contribution in [2.75, 3.05) is 5.32 Å². The Morgan fingerprint density at radius 3 is 2.84 bits per heavy atom. The zero-order valence-corrected chi connectivity index (χ0v) is 17.9. The third-order valence-corrected chi connectivity index (χ3v) is 6.63. The highest BCUT2D eigenvalue weighted by atomic mass is 35.5. The largest absolute Gasteiger partial charge is 0.289 e. The van der Waals surface area contributed by atoms with E-state index in [2.05, 4.69) is 15.4 Å². The molecule has 31 heavy (non-hydrogen) atoms. The number of anilines is 1. The summed E-state index contributed by atoms with van der Waals surface area (Å²) in [4.78, 5) is 23.4. The van der Waals surface area contributed by atoms with E-state index in [4.69, 9.17) is 16.6 Å². The molecule has 152 valence electrons. The van der Waals surface area contributed by atoms with Crippen LogP contribution in [0.5, 0.6) is 0 Å². The minimum absolute atomic E-state index is 0.229. The molecule has 2 aromatic carbocycles. The van der Waals surface area contributed by atoms with E-state index < -0.39 is 0 Å². The molecule has 5 aromatic rings. The van der Waals surface area contributed by atoms with Gasteiger partial charge in [0.1, 0.15) is 0 Å². The average Bonchev–Trinajstić information content (AvgIpc) is 3.48. The van der Waals surface area contributed by atoms with Crippen LogP contribution in [-0.2, 0) is 12.8 Å². The number of halogens is 1. The maximum absolute atomic E-state index is 13.4. The minimum atomic E-state index is -0.229. The van der Waals surface area contributed by atoms with E-state index >= 15 is 0 Å².